The number of hydrogen-bond donors (Lipinski definition) is 0. The van der Waals surface area contributed by atoms with E-state index in [4.69, 9.17) is 0 Å². The number of unbranched alkanes of at least 4 members (excludes halogenated alkanes) is 10. The molecule has 1 aliphatic carbocycles. The standard InChI is InChI=1S/C24H40.C11H24.C9H18.C5H8.C3H8.C2H2/c1-7-10-11-13-22-14-15-23(21(5)18-22)19-24(6,9-3)17-16-20(4)12-8-2;1-3-5-7-9-11-10-8-6-4-2;1-3-9-6-4-8(2)5-7-9;1-4-5(2)3;1-3-2;1-2/h12,14-15,18H,7-11,13,16-17,19H2,1-6H3;3-11H2,1-2H3;8-9H,3-7H2,1-2H3;4H,1-2H2,3H3;3H2,1-2H3;1-2H/b20-12-;;;;;. The summed E-state index contributed by atoms with van der Waals surface area (Å²) in [7, 11) is 0. The van der Waals surface area contributed by atoms with Gasteiger partial charge in [0, 0.05) is 0 Å². The Hall–Kier alpha value is -2.00. The molecule has 54 heavy (non-hydrogen) atoms. The van der Waals surface area contributed by atoms with Gasteiger partial charge >= 0.3 is 0 Å². The Labute approximate surface area is 344 Å². The second-order valence-corrected chi connectivity index (χ2v) is 16.8. The maximum absolute atomic E-state index is 4.00. The van der Waals surface area contributed by atoms with Crippen molar-refractivity contribution in [1.29, 1.82) is 0 Å². The number of allylic oxidation sites excluding steroid dienone is 4. The second kappa shape index (κ2) is 43.7. The van der Waals surface area contributed by atoms with Crippen LogP contribution in [0.5, 0.6) is 0 Å². The zero-order valence-corrected chi connectivity index (χ0v) is 39.6. The molecule has 0 heteroatoms. The molecule has 0 heterocycles. The number of hydrogen-bond acceptors (Lipinski definition) is 0. The van der Waals surface area contributed by atoms with Crippen LogP contribution in [-0.2, 0) is 12.8 Å². The van der Waals surface area contributed by atoms with Gasteiger partial charge in [0.25, 0.3) is 0 Å². The quantitative estimate of drug-likeness (QED) is 0.0508. The highest BCUT2D eigenvalue weighted by atomic mass is 14.3. The van der Waals surface area contributed by atoms with Crippen molar-refractivity contribution >= 4 is 0 Å². The average Bonchev–Trinajstić information content (AvgIpc) is 3.17. The van der Waals surface area contributed by atoms with Gasteiger partial charge in [-0.2, -0.15) is 0 Å². The van der Waals surface area contributed by atoms with Crippen molar-refractivity contribution in [3.8, 4) is 12.8 Å². The molecule has 0 aromatic heterocycles. The molecule has 1 unspecified atom stereocenters. The van der Waals surface area contributed by atoms with Gasteiger partial charge in [-0.3, -0.25) is 0 Å². The molecule has 0 saturated heterocycles. The lowest BCUT2D eigenvalue weighted by Gasteiger charge is -2.29. The first kappa shape index (κ1) is 58.7. The molecule has 2 rings (SSSR count). The number of benzene rings is 1. The third-order valence-electron chi connectivity index (χ3n) is 10.9. The maximum Gasteiger partial charge on any atom is -0.0222 e. The molecule has 0 nitrogen and oxygen atoms in total. The van der Waals surface area contributed by atoms with E-state index in [-0.39, 0.29) is 0 Å². The fourth-order valence-electron chi connectivity index (χ4n) is 6.61. The predicted octanol–water partition coefficient (Wildman–Crippen LogP) is 19.0. The van der Waals surface area contributed by atoms with Gasteiger partial charge in [0.2, 0.25) is 0 Å². The van der Waals surface area contributed by atoms with E-state index in [2.05, 4.69) is 133 Å². The van der Waals surface area contributed by atoms with Gasteiger partial charge in [-0.1, -0.05) is 239 Å². The van der Waals surface area contributed by atoms with Gasteiger partial charge in [-0.25, -0.2) is 0 Å². The first-order valence-corrected chi connectivity index (χ1v) is 23.2. The first-order valence-electron chi connectivity index (χ1n) is 23.2. The summed E-state index contributed by atoms with van der Waals surface area (Å²) in [6.45, 7) is 36.3. The summed E-state index contributed by atoms with van der Waals surface area (Å²) in [5.41, 5.74) is 7.55. The monoisotopic (exact) mass is 749 g/mol. The molecule has 1 aliphatic rings. The molecule has 1 aromatic carbocycles. The van der Waals surface area contributed by atoms with Crippen LogP contribution < -0.4 is 0 Å². The zero-order valence-electron chi connectivity index (χ0n) is 39.6. The van der Waals surface area contributed by atoms with Crippen LogP contribution in [0.15, 0.2) is 54.7 Å². The number of terminal acetylenes is 1. The second-order valence-electron chi connectivity index (χ2n) is 16.8. The Bertz CT molecular complexity index is 973. The van der Waals surface area contributed by atoms with Crippen LogP contribution in [-0.4, -0.2) is 0 Å². The Balaban J connectivity index is -0.000000343. The zero-order chi connectivity index (χ0) is 42.0. The third-order valence-corrected chi connectivity index (χ3v) is 10.9. The first-order chi connectivity index (χ1) is 25.9. The lowest BCUT2D eigenvalue weighted by molar-refractivity contribution is 0.281. The Morgan fingerprint density at radius 2 is 1.24 bits per heavy atom. The minimum Gasteiger partial charge on any atom is -0.124 e. The third kappa shape index (κ3) is 39.7. The van der Waals surface area contributed by atoms with Gasteiger partial charge in [-0.05, 0) is 93.2 Å². The van der Waals surface area contributed by atoms with Gasteiger partial charge in [0.15, 0.2) is 0 Å². The summed E-state index contributed by atoms with van der Waals surface area (Å²) in [4.78, 5) is 0. The van der Waals surface area contributed by atoms with Crippen molar-refractivity contribution in [2.45, 2.75) is 244 Å². The molecule has 0 bridgehead atoms. The Morgan fingerprint density at radius 1 is 0.778 bits per heavy atom. The van der Waals surface area contributed by atoms with Crippen molar-refractivity contribution in [3.05, 3.63) is 71.3 Å². The summed E-state index contributed by atoms with van der Waals surface area (Å²) >= 11 is 0. The highest BCUT2D eigenvalue weighted by molar-refractivity contribution is 5.32. The largest absolute Gasteiger partial charge is 0.124 e. The van der Waals surface area contributed by atoms with Crippen LogP contribution in [0.3, 0.4) is 0 Å². The van der Waals surface area contributed by atoms with E-state index in [1.807, 2.05) is 6.92 Å². The molecule has 1 aromatic rings. The van der Waals surface area contributed by atoms with E-state index in [1.165, 1.54) is 159 Å². The van der Waals surface area contributed by atoms with E-state index >= 15 is 0 Å². The normalized spacial score (nSPS) is 15.7. The lowest BCUT2D eigenvalue weighted by Crippen LogP contribution is -2.19. The molecule has 0 spiro atoms. The Kier molecular flexibility index (Phi) is 47.5. The molecule has 0 radical (unpaired) electrons. The summed E-state index contributed by atoms with van der Waals surface area (Å²) in [6.07, 6.45) is 45.1. The van der Waals surface area contributed by atoms with Gasteiger partial charge in [-0.15, -0.1) is 12.8 Å². The van der Waals surface area contributed by atoms with Crippen LogP contribution in [0, 0.1) is 37.0 Å². The summed E-state index contributed by atoms with van der Waals surface area (Å²) in [5.74, 6) is 2.09. The molecular formula is C54H100. The van der Waals surface area contributed by atoms with E-state index in [1.54, 1.807) is 17.2 Å². The van der Waals surface area contributed by atoms with Gasteiger partial charge < -0.3 is 0 Å². The average molecular weight is 749 g/mol. The van der Waals surface area contributed by atoms with E-state index in [0.29, 0.717) is 5.41 Å². The minimum absolute atomic E-state index is 0.414. The molecule has 316 valence electrons. The van der Waals surface area contributed by atoms with Gasteiger partial charge in [0.1, 0.15) is 0 Å². The fourth-order valence-corrected chi connectivity index (χ4v) is 6.61. The van der Waals surface area contributed by atoms with Crippen LogP contribution in [0.1, 0.15) is 241 Å². The number of rotatable bonds is 21. The van der Waals surface area contributed by atoms with Crippen molar-refractivity contribution in [3.63, 3.8) is 0 Å². The van der Waals surface area contributed by atoms with Crippen LogP contribution in [0.2, 0.25) is 0 Å². The van der Waals surface area contributed by atoms with Gasteiger partial charge in [0.05, 0.1) is 0 Å². The smallest absolute Gasteiger partial charge is 0.0222 e. The lowest BCUT2D eigenvalue weighted by atomic mass is 9.76. The highest BCUT2D eigenvalue weighted by Gasteiger charge is 2.23. The van der Waals surface area contributed by atoms with E-state index < -0.39 is 0 Å². The van der Waals surface area contributed by atoms with Crippen LogP contribution in [0.25, 0.3) is 0 Å². The van der Waals surface area contributed by atoms with Crippen LogP contribution in [0.4, 0.5) is 0 Å². The van der Waals surface area contributed by atoms with Crippen LogP contribution >= 0.6 is 0 Å². The number of aryl methyl sites for hydroxylation is 2. The molecule has 1 atom stereocenters. The molecule has 0 aliphatic heterocycles. The summed E-state index contributed by atoms with van der Waals surface area (Å²) in [6, 6.07) is 7.21. The van der Waals surface area contributed by atoms with Crippen molar-refractivity contribution in [1.82, 2.24) is 0 Å². The maximum atomic E-state index is 4.00. The van der Waals surface area contributed by atoms with Crippen molar-refractivity contribution in [2.24, 2.45) is 17.3 Å². The Morgan fingerprint density at radius 3 is 1.63 bits per heavy atom. The summed E-state index contributed by atoms with van der Waals surface area (Å²) in [5, 5.41) is 0. The topological polar surface area (TPSA) is 0 Å². The molecule has 1 saturated carbocycles. The molecule has 1 fully saturated rings. The fraction of sp³-hybridized carbons (Fsp3) is 0.741. The molecule has 0 amide bonds. The van der Waals surface area contributed by atoms with E-state index in [0.717, 1.165) is 23.8 Å². The summed E-state index contributed by atoms with van der Waals surface area (Å²) < 4.78 is 0. The molecular weight excluding hydrogens is 649 g/mol. The highest BCUT2D eigenvalue weighted by Crippen LogP contribution is 2.34. The SMILES string of the molecule is C#C.C=CC(=C)C.CC/C=C(/C)CCC(C)(CC)Cc1ccc(CCCCC)cc1C.CCC.CCC1CCC(C)CC1.CCCCCCCCCCC. The van der Waals surface area contributed by atoms with E-state index in [9.17, 15) is 0 Å². The van der Waals surface area contributed by atoms with Crippen molar-refractivity contribution < 1.29 is 0 Å². The minimum atomic E-state index is 0.414. The predicted molar refractivity (Wildman–Crippen MR) is 255 cm³/mol. The van der Waals surface area contributed by atoms with Crippen molar-refractivity contribution in [2.75, 3.05) is 0 Å². The molecule has 0 N–H and O–H groups in total.